The topological polar surface area (TPSA) is 53.8 Å². The van der Waals surface area contributed by atoms with E-state index in [4.69, 9.17) is 4.42 Å². The van der Waals surface area contributed by atoms with Crippen LogP contribution >= 0.6 is 0 Å². The number of furan rings is 1. The molecule has 2 aromatic rings. The number of carbonyl (C=O) groups is 2. The van der Waals surface area contributed by atoms with Crippen molar-refractivity contribution in [3.63, 3.8) is 0 Å². The average molecular weight is 441 g/mol. The van der Waals surface area contributed by atoms with Crippen LogP contribution in [0, 0.1) is 5.92 Å². The molecule has 0 aliphatic carbocycles. The molecule has 1 aromatic carbocycles. The van der Waals surface area contributed by atoms with Crippen molar-refractivity contribution in [2.75, 3.05) is 19.6 Å². The smallest absolute Gasteiger partial charge is 0.242 e. The maximum atomic E-state index is 13.3. The Kier molecular flexibility index (Phi) is 11.6. The van der Waals surface area contributed by atoms with Gasteiger partial charge in [0.2, 0.25) is 11.8 Å². The number of hydrogen-bond acceptors (Lipinski definition) is 3. The standard InChI is InChI=1S/C27H40N2O3/c1-4-5-6-7-11-16-26(30)29(20-23(2)3)22-27(31)28(21-25-15-12-19-32-25)18-17-24-13-9-8-10-14-24/h8-10,12-15,19,23H,4-7,11,16-18,20-22H2,1-3H3. The molecule has 0 fully saturated rings. The summed E-state index contributed by atoms with van der Waals surface area (Å²) in [6.07, 6.45) is 8.46. The molecule has 0 saturated heterocycles. The average Bonchev–Trinajstić information content (AvgIpc) is 3.29. The molecule has 0 N–H and O–H groups in total. The van der Waals surface area contributed by atoms with Crippen molar-refractivity contribution < 1.29 is 14.0 Å². The molecule has 5 nitrogen and oxygen atoms in total. The number of benzene rings is 1. The van der Waals surface area contributed by atoms with Gasteiger partial charge in [-0.2, -0.15) is 0 Å². The van der Waals surface area contributed by atoms with Gasteiger partial charge in [0.05, 0.1) is 19.4 Å². The van der Waals surface area contributed by atoms with Crippen molar-refractivity contribution in [3.8, 4) is 0 Å². The maximum Gasteiger partial charge on any atom is 0.242 e. The Morgan fingerprint density at radius 2 is 1.66 bits per heavy atom. The lowest BCUT2D eigenvalue weighted by molar-refractivity contribution is -0.141. The zero-order chi connectivity index (χ0) is 23.2. The first-order valence-corrected chi connectivity index (χ1v) is 12.1. The van der Waals surface area contributed by atoms with Gasteiger partial charge in [-0.15, -0.1) is 0 Å². The van der Waals surface area contributed by atoms with Crippen molar-refractivity contribution >= 4 is 11.8 Å². The summed E-state index contributed by atoms with van der Waals surface area (Å²) in [6, 6.07) is 13.9. The molecular formula is C27H40N2O3. The number of rotatable bonds is 15. The Labute approximate surface area is 193 Å². The van der Waals surface area contributed by atoms with Crippen LogP contribution in [0.4, 0.5) is 0 Å². The minimum Gasteiger partial charge on any atom is -0.467 e. The van der Waals surface area contributed by atoms with Gasteiger partial charge in [-0.3, -0.25) is 9.59 Å². The largest absolute Gasteiger partial charge is 0.467 e. The molecule has 0 radical (unpaired) electrons. The van der Waals surface area contributed by atoms with Gasteiger partial charge in [-0.05, 0) is 36.5 Å². The van der Waals surface area contributed by atoms with Crippen LogP contribution in [0.25, 0.3) is 0 Å². The Balaban J connectivity index is 2.00. The fourth-order valence-electron chi connectivity index (χ4n) is 3.79. The molecule has 0 saturated carbocycles. The van der Waals surface area contributed by atoms with Crippen LogP contribution in [0.1, 0.15) is 70.6 Å². The number of hydrogen-bond donors (Lipinski definition) is 0. The van der Waals surface area contributed by atoms with Crippen LogP contribution in [-0.2, 0) is 22.6 Å². The molecule has 32 heavy (non-hydrogen) atoms. The number of unbranched alkanes of at least 4 members (excludes halogenated alkanes) is 4. The van der Waals surface area contributed by atoms with Crippen LogP contribution in [0.5, 0.6) is 0 Å². The third-order valence-electron chi connectivity index (χ3n) is 5.55. The predicted molar refractivity (Wildman–Crippen MR) is 129 cm³/mol. The van der Waals surface area contributed by atoms with E-state index in [0.29, 0.717) is 32.0 Å². The highest BCUT2D eigenvalue weighted by Gasteiger charge is 2.22. The van der Waals surface area contributed by atoms with Gasteiger partial charge in [-0.1, -0.05) is 76.8 Å². The number of amides is 2. The second kappa shape index (κ2) is 14.5. The van der Waals surface area contributed by atoms with Crippen LogP contribution in [0.3, 0.4) is 0 Å². The van der Waals surface area contributed by atoms with E-state index >= 15 is 0 Å². The van der Waals surface area contributed by atoms with Crippen LogP contribution in [0.2, 0.25) is 0 Å². The number of carbonyl (C=O) groups excluding carboxylic acids is 2. The molecule has 0 spiro atoms. The first-order chi connectivity index (χ1) is 15.5. The summed E-state index contributed by atoms with van der Waals surface area (Å²) in [5.41, 5.74) is 1.19. The minimum absolute atomic E-state index is 0.0303. The van der Waals surface area contributed by atoms with E-state index in [1.165, 1.54) is 24.8 Å². The second-order valence-electron chi connectivity index (χ2n) is 8.96. The molecular weight excluding hydrogens is 400 g/mol. The Morgan fingerprint density at radius 3 is 2.31 bits per heavy atom. The van der Waals surface area contributed by atoms with Crippen molar-refractivity contribution in [1.29, 1.82) is 0 Å². The zero-order valence-electron chi connectivity index (χ0n) is 20.1. The quantitative estimate of drug-likeness (QED) is 0.334. The maximum absolute atomic E-state index is 13.3. The summed E-state index contributed by atoms with van der Waals surface area (Å²) in [7, 11) is 0. The fraction of sp³-hybridized carbons (Fsp3) is 0.556. The summed E-state index contributed by atoms with van der Waals surface area (Å²) >= 11 is 0. The first kappa shape index (κ1) is 25.7. The zero-order valence-corrected chi connectivity index (χ0v) is 20.1. The van der Waals surface area contributed by atoms with Gasteiger partial charge in [0, 0.05) is 19.5 Å². The molecule has 2 amide bonds. The van der Waals surface area contributed by atoms with Crippen molar-refractivity contribution in [1.82, 2.24) is 9.80 Å². The third kappa shape index (κ3) is 9.71. The van der Waals surface area contributed by atoms with Crippen molar-refractivity contribution in [2.24, 2.45) is 5.92 Å². The van der Waals surface area contributed by atoms with Gasteiger partial charge >= 0.3 is 0 Å². The Bertz CT molecular complexity index is 771. The second-order valence-corrected chi connectivity index (χ2v) is 8.96. The van der Waals surface area contributed by atoms with E-state index in [0.717, 1.165) is 25.0 Å². The summed E-state index contributed by atoms with van der Waals surface area (Å²) in [4.78, 5) is 29.8. The highest BCUT2D eigenvalue weighted by Crippen LogP contribution is 2.12. The molecule has 0 bridgehead atoms. The normalized spacial score (nSPS) is 11.0. The van der Waals surface area contributed by atoms with Gasteiger partial charge in [-0.25, -0.2) is 0 Å². The molecule has 0 unspecified atom stereocenters. The molecule has 176 valence electrons. The van der Waals surface area contributed by atoms with Gasteiger partial charge in [0.15, 0.2) is 0 Å². The molecule has 0 aliphatic rings. The van der Waals surface area contributed by atoms with E-state index in [1.807, 2.05) is 35.2 Å². The summed E-state index contributed by atoms with van der Waals surface area (Å²) in [5, 5.41) is 0. The lowest BCUT2D eigenvalue weighted by atomic mass is 10.1. The lowest BCUT2D eigenvalue weighted by Crippen LogP contribution is -2.44. The summed E-state index contributed by atoms with van der Waals surface area (Å²) in [5.74, 6) is 1.13. The monoisotopic (exact) mass is 440 g/mol. The minimum atomic E-state index is -0.0303. The molecule has 1 heterocycles. The molecule has 0 atom stereocenters. The molecule has 1 aromatic heterocycles. The van der Waals surface area contributed by atoms with Gasteiger partial charge in [0.25, 0.3) is 0 Å². The van der Waals surface area contributed by atoms with Crippen molar-refractivity contribution in [3.05, 3.63) is 60.1 Å². The summed E-state index contributed by atoms with van der Waals surface area (Å²) < 4.78 is 5.49. The van der Waals surface area contributed by atoms with E-state index < -0.39 is 0 Å². The third-order valence-corrected chi connectivity index (χ3v) is 5.55. The fourth-order valence-corrected chi connectivity index (χ4v) is 3.79. The lowest BCUT2D eigenvalue weighted by Gasteiger charge is -2.28. The van der Waals surface area contributed by atoms with E-state index in [9.17, 15) is 9.59 Å². The SMILES string of the molecule is CCCCCCCC(=O)N(CC(=O)N(CCc1ccccc1)Cc1ccco1)CC(C)C. The highest BCUT2D eigenvalue weighted by atomic mass is 16.3. The van der Waals surface area contributed by atoms with Gasteiger partial charge in [0.1, 0.15) is 5.76 Å². The summed E-state index contributed by atoms with van der Waals surface area (Å²) in [6.45, 7) is 8.09. The van der Waals surface area contributed by atoms with E-state index in [2.05, 4.69) is 32.9 Å². The van der Waals surface area contributed by atoms with Crippen LogP contribution in [0.15, 0.2) is 53.1 Å². The van der Waals surface area contributed by atoms with E-state index in [1.54, 1.807) is 11.2 Å². The number of nitrogens with zero attached hydrogens (tertiary/aromatic N) is 2. The molecule has 0 aliphatic heterocycles. The van der Waals surface area contributed by atoms with Gasteiger partial charge < -0.3 is 14.2 Å². The first-order valence-electron chi connectivity index (χ1n) is 12.1. The highest BCUT2D eigenvalue weighted by molar-refractivity contribution is 5.84. The molecule has 5 heteroatoms. The van der Waals surface area contributed by atoms with Crippen LogP contribution < -0.4 is 0 Å². The Morgan fingerprint density at radius 1 is 0.906 bits per heavy atom. The van der Waals surface area contributed by atoms with Crippen LogP contribution in [-0.4, -0.2) is 41.2 Å². The van der Waals surface area contributed by atoms with Crippen molar-refractivity contribution in [2.45, 2.75) is 72.3 Å². The Hall–Kier alpha value is -2.56. The molecule has 2 rings (SSSR count). The predicted octanol–water partition coefficient (Wildman–Crippen LogP) is 5.70. The van der Waals surface area contributed by atoms with E-state index in [-0.39, 0.29) is 18.4 Å².